The van der Waals surface area contributed by atoms with Crippen LogP contribution in [0.1, 0.15) is 0 Å². The van der Waals surface area contributed by atoms with Gasteiger partial charge < -0.3 is 14.5 Å². The number of aromatic nitrogens is 3. The van der Waals surface area contributed by atoms with E-state index in [4.69, 9.17) is 20.8 Å². The summed E-state index contributed by atoms with van der Waals surface area (Å²) >= 11 is 7.03. The van der Waals surface area contributed by atoms with Crippen molar-refractivity contribution in [1.82, 2.24) is 15.2 Å². The molecule has 2 aromatic carbocycles. The van der Waals surface area contributed by atoms with Gasteiger partial charge in [-0.2, -0.15) is 0 Å². The fourth-order valence-corrected chi connectivity index (χ4v) is 3.13. The third kappa shape index (κ3) is 5.37. The van der Waals surface area contributed by atoms with E-state index in [9.17, 15) is 4.79 Å². The topological polar surface area (TPSA) is 90.1 Å². The normalized spacial score (nSPS) is 10.6. The molecule has 0 saturated carbocycles. The first-order valence-corrected chi connectivity index (χ1v) is 10.2. The van der Waals surface area contributed by atoms with Gasteiger partial charge in [-0.1, -0.05) is 23.4 Å². The average Bonchev–Trinajstić information content (AvgIpc) is 3.25. The molecular weight excluding hydrogens is 424 g/mol. The predicted molar refractivity (Wildman–Crippen MR) is 115 cm³/mol. The molecule has 1 amide bonds. The molecule has 9 heteroatoms. The number of hydrogen-bond acceptors (Lipinski definition) is 7. The van der Waals surface area contributed by atoms with Crippen molar-refractivity contribution in [1.29, 1.82) is 0 Å². The molecular formula is C21H15ClN4O3S. The van der Waals surface area contributed by atoms with Crippen LogP contribution in [0.15, 0.2) is 82.7 Å². The van der Waals surface area contributed by atoms with Crippen LogP contribution in [0.25, 0.3) is 11.5 Å². The maximum absolute atomic E-state index is 12.2. The SMILES string of the molecule is O=C(CSc1nnc(-c2cccnc2)o1)Nc1ccc(Oc2ccc(Cl)cc2)cc1. The van der Waals surface area contributed by atoms with Crippen LogP contribution in [0.4, 0.5) is 5.69 Å². The number of amides is 1. The summed E-state index contributed by atoms with van der Waals surface area (Å²) in [5.74, 6) is 1.64. The molecule has 4 rings (SSSR count). The summed E-state index contributed by atoms with van der Waals surface area (Å²) in [7, 11) is 0. The number of carbonyl (C=O) groups excluding carboxylic acids is 1. The van der Waals surface area contributed by atoms with Crippen molar-refractivity contribution in [2.75, 3.05) is 11.1 Å². The molecule has 0 aliphatic carbocycles. The second-order valence-electron chi connectivity index (χ2n) is 6.03. The highest BCUT2D eigenvalue weighted by Crippen LogP contribution is 2.25. The van der Waals surface area contributed by atoms with E-state index in [1.54, 1.807) is 67.0 Å². The summed E-state index contributed by atoms with van der Waals surface area (Å²) in [5.41, 5.74) is 1.38. The lowest BCUT2D eigenvalue weighted by Gasteiger charge is -2.08. The lowest BCUT2D eigenvalue weighted by molar-refractivity contribution is -0.113. The molecule has 0 radical (unpaired) electrons. The second kappa shape index (κ2) is 9.43. The van der Waals surface area contributed by atoms with Crippen LogP contribution in [0.5, 0.6) is 11.5 Å². The third-order valence-electron chi connectivity index (χ3n) is 3.83. The Bertz CT molecular complexity index is 1120. The lowest BCUT2D eigenvalue weighted by Crippen LogP contribution is -2.13. The number of benzene rings is 2. The van der Waals surface area contributed by atoms with Crippen LogP contribution in [-0.4, -0.2) is 26.8 Å². The zero-order chi connectivity index (χ0) is 20.8. The van der Waals surface area contributed by atoms with Crippen molar-refractivity contribution in [3.63, 3.8) is 0 Å². The van der Waals surface area contributed by atoms with Gasteiger partial charge in [0.1, 0.15) is 11.5 Å². The number of rotatable bonds is 7. The van der Waals surface area contributed by atoms with E-state index >= 15 is 0 Å². The molecule has 4 aromatic rings. The molecule has 30 heavy (non-hydrogen) atoms. The molecule has 0 fully saturated rings. The molecule has 0 saturated heterocycles. The molecule has 0 aliphatic rings. The number of nitrogens with zero attached hydrogens (tertiary/aromatic N) is 3. The van der Waals surface area contributed by atoms with Gasteiger partial charge in [0.15, 0.2) is 0 Å². The maximum atomic E-state index is 12.2. The zero-order valence-corrected chi connectivity index (χ0v) is 17.1. The van der Waals surface area contributed by atoms with E-state index in [2.05, 4.69) is 20.5 Å². The minimum atomic E-state index is -0.188. The molecule has 0 unspecified atom stereocenters. The number of nitrogens with one attached hydrogen (secondary N) is 1. The van der Waals surface area contributed by atoms with Gasteiger partial charge in [0.25, 0.3) is 5.22 Å². The van der Waals surface area contributed by atoms with Crippen molar-refractivity contribution in [2.24, 2.45) is 0 Å². The minimum Gasteiger partial charge on any atom is -0.457 e. The fourth-order valence-electron chi connectivity index (χ4n) is 2.44. The lowest BCUT2D eigenvalue weighted by atomic mass is 10.3. The number of halogens is 1. The van der Waals surface area contributed by atoms with Crippen molar-refractivity contribution in [3.8, 4) is 23.0 Å². The van der Waals surface area contributed by atoms with Crippen LogP contribution >= 0.6 is 23.4 Å². The third-order valence-corrected chi connectivity index (χ3v) is 4.90. The van der Waals surface area contributed by atoms with Gasteiger partial charge in [-0.3, -0.25) is 9.78 Å². The highest BCUT2D eigenvalue weighted by molar-refractivity contribution is 7.99. The van der Waals surface area contributed by atoms with Gasteiger partial charge in [-0.25, -0.2) is 0 Å². The van der Waals surface area contributed by atoms with Crippen LogP contribution in [0, 0.1) is 0 Å². The smallest absolute Gasteiger partial charge is 0.277 e. The van der Waals surface area contributed by atoms with Crippen LogP contribution in [-0.2, 0) is 4.79 Å². The number of hydrogen-bond donors (Lipinski definition) is 1. The van der Waals surface area contributed by atoms with Crippen molar-refractivity contribution in [2.45, 2.75) is 5.22 Å². The zero-order valence-electron chi connectivity index (χ0n) is 15.5. The second-order valence-corrected chi connectivity index (χ2v) is 7.40. The molecule has 0 atom stereocenters. The molecule has 0 bridgehead atoms. The number of ether oxygens (including phenoxy) is 1. The quantitative estimate of drug-likeness (QED) is 0.391. The summed E-state index contributed by atoms with van der Waals surface area (Å²) in [4.78, 5) is 16.2. The first kappa shape index (κ1) is 19.9. The van der Waals surface area contributed by atoms with E-state index in [0.29, 0.717) is 33.3 Å². The fraction of sp³-hybridized carbons (Fsp3) is 0.0476. The molecule has 2 heterocycles. The highest BCUT2D eigenvalue weighted by Gasteiger charge is 2.11. The molecule has 2 aromatic heterocycles. The van der Waals surface area contributed by atoms with E-state index in [-0.39, 0.29) is 11.7 Å². The minimum absolute atomic E-state index is 0.137. The number of pyridine rings is 1. The van der Waals surface area contributed by atoms with Gasteiger partial charge in [-0.15, -0.1) is 10.2 Å². The molecule has 0 spiro atoms. The summed E-state index contributed by atoms with van der Waals surface area (Å²) in [6.07, 6.45) is 3.30. The molecule has 7 nitrogen and oxygen atoms in total. The Labute approximate surface area is 181 Å². The van der Waals surface area contributed by atoms with Gasteiger partial charge in [0, 0.05) is 23.1 Å². The Morgan fingerprint density at radius 1 is 1.03 bits per heavy atom. The average molecular weight is 439 g/mol. The number of anilines is 1. The van der Waals surface area contributed by atoms with E-state index in [1.165, 1.54) is 0 Å². The van der Waals surface area contributed by atoms with Gasteiger partial charge in [-0.05, 0) is 60.7 Å². The molecule has 0 aliphatic heterocycles. The van der Waals surface area contributed by atoms with E-state index in [0.717, 1.165) is 17.3 Å². The van der Waals surface area contributed by atoms with Crippen LogP contribution in [0.3, 0.4) is 0 Å². The summed E-state index contributed by atoms with van der Waals surface area (Å²) < 4.78 is 11.3. The molecule has 1 N–H and O–H groups in total. The predicted octanol–water partition coefficient (Wildman–Crippen LogP) is 5.31. The first-order chi connectivity index (χ1) is 14.7. The summed E-state index contributed by atoms with van der Waals surface area (Å²) in [5, 5.41) is 11.7. The Morgan fingerprint density at radius 3 is 2.47 bits per heavy atom. The maximum Gasteiger partial charge on any atom is 0.277 e. The standard InChI is InChI=1S/C21H15ClN4O3S/c22-15-3-7-17(8-4-15)28-18-9-5-16(6-10-18)24-19(27)13-30-21-26-25-20(29-21)14-2-1-11-23-12-14/h1-12H,13H2,(H,24,27). The van der Waals surface area contributed by atoms with Crippen LogP contribution in [0.2, 0.25) is 5.02 Å². The van der Waals surface area contributed by atoms with Crippen LogP contribution < -0.4 is 10.1 Å². The van der Waals surface area contributed by atoms with E-state index < -0.39 is 0 Å². The largest absolute Gasteiger partial charge is 0.457 e. The van der Waals surface area contributed by atoms with E-state index in [1.807, 2.05) is 6.07 Å². The van der Waals surface area contributed by atoms with Gasteiger partial charge >= 0.3 is 0 Å². The van der Waals surface area contributed by atoms with Crippen molar-refractivity contribution < 1.29 is 13.9 Å². The molecule has 150 valence electrons. The first-order valence-electron chi connectivity index (χ1n) is 8.86. The highest BCUT2D eigenvalue weighted by atomic mass is 35.5. The number of carbonyl (C=O) groups is 1. The monoisotopic (exact) mass is 438 g/mol. The van der Waals surface area contributed by atoms with Gasteiger partial charge in [0.2, 0.25) is 11.8 Å². The van der Waals surface area contributed by atoms with Gasteiger partial charge in [0.05, 0.1) is 11.3 Å². The van der Waals surface area contributed by atoms with Crippen molar-refractivity contribution in [3.05, 3.63) is 78.1 Å². The Balaban J connectivity index is 1.28. The van der Waals surface area contributed by atoms with Crippen molar-refractivity contribution >= 4 is 35.0 Å². The Kier molecular flexibility index (Phi) is 6.26. The summed E-state index contributed by atoms with van der Waals surface area (Å²) in [6.45, 7) is 0. The number of thioether (sulfide) groups is 1. The Morgan fingerprint density at radius 2 is 1.77 bits per heavy atom. The Hall–Kier alpha value is -3.36. The summed E-state index contributed by atoms with van der Waals surface area (Å²) in [6, 6.07) is 17.8.